The summed E-state index contributed by atoms with van der Waals surface area (Å²) in [5, 5.41) is 0. The summed E-state index contributed by atoms with van der Waals surface area (Å²) in [5.41, 5.74) is 2.88. The van der Waals surface area contributed by atoms with E-state index in [0.717, 1.165) is 0 Å². The largest absolute Gasteiger partial charge is 0.320 e. The van der Waals surface area contributed by atoms with Gasteiger partial charge in [-0.1, -0.05) is 44.9 Å². The summed E-state index contributed by atoms with van der Waals surface area (Å²) in [6.45, 7) is 6.72. The lowest BCUT2D eigenvalue weighted by Gasteiger charge is -2.22. The van der Waals surface area contributed by atoms with Crippen molar-refractivity contribution in [2.24, 2.45) is 0 Å². The van der Waals surface area contributed by atoms with E-state index < -0.39 is 0 Å². The van der Waals surface area contributed by atoms with Gasteiger partial charge in [0.15, 0.2) is 0 Å². The first-order valence-electron chi connectivity index (χ1n) is 5.00. The van der Waals surface area contributed by atoms with Crippen LogP contribution in [-0.4, -0.2) is 13.3 Å². The number of benzene rings is 1. The maximum absolute atomic E-state index is 7.00. The second kappa shape index (κ2) is 6.53. The average molecular weight is 241 g/mol. The second-order valence-electron chi connectivity index (χ2n) is 4.48. The molecule has 0 bridgehead atoms. The highest BCUT2D eigenvalue weighted by Gasteiger charge is 2.14. The van der Waals surface area contributed by atoms with Crippen molar-refractivity contribution in [3.8, 4) is 0 Å². The number of nitrogens with zero attached hydrogens (tertiary/aromatic N) is 1. The molecule has 0 saturated heterocycles. The van der Waals surface area contributed by atoms with Crippen LogP contribution < -0.4 is 4.31 Å². The van der Waals surface area contributed by atoms with Crippen LogP contribution in [0, 0.1) is 9.93 Å². The highest BCUT2D eigenvalue weighted by molar-refractivity contribution is 7.99. The van der Waals surface area contributed by atoms with E-state index in [-0.39, 0.29) is 5.41 Å². The van der Waals surface area contributed by atoms with E-state index in [1.54, 1.807) is 11.9 Å². The van der Waals surface area contributed by atoms with Gasteiger partial charge in [0.1, 0.15) is 0 Å². The lowest BCUT2D eigenvalue weighted by Crippen LogP contribution is -2.12. The maximum Gasteiger partial charge on any atom is 0.0469 e. The van der Waals surface area contributed by atoms with E-state index in [2.05, 4.69) is 62.6 Å². The normalized spacial score (nSPS) is 10.3. The smallest absolute Gasteiger partial charge is 0.0469 e. The van der Waals surface area contributed by atoms with Crippen LogP contribution in [0.15, 0.2) is 24.3 Å². The molecule has 0 heterocycles. The van der Waals surface area contributed by atoms with Gasteiger partial charge >= 0.3 is 0 Å². The van der Waals surface area contributed by atoms with Crippen molar-refractivity contribution in [2.45, 2.75) is 26.2 Å². The van der Waals surface area contributed by atoms with Gasteiger partial charge in [-0.15, -0.1) is 0 Å². The Morgan fingerprint density at radius 2 is 1.75 bits per heavy atom. The zero-order valence-electron chi connectivity index (χ0n) is 10.5. The van der Waals surface area contributed by atoms with Crippen LogP contribution in [0.4, 0.5) is 5.69 Å². The maximum atomic E-state index is 7.00. The average Bonchev–Trinajstić information content (AvgIpc) is 2.30. The minimum atomic E-state index is 0.231. The first-order chi connectivity index (χ1) is 7.45. The lowest BCUT2D eigenvalue weighted by atomic mass is 9.87. The van der Waals surface area contributed by atoms with E-state index in [1.807, 2.05) is 0 Å². The lowest BCUT2D eigenvalue weighted by molar-refractivity contribution is 0.590. The standard InChI is InChI=1S/C12H19NS.O2/c1-12(2,3)10-7-6-8-11(9-10)13(4)14-5;1-2/h6-9H,1-5H3;. The number of anilines is 1. The van der Waals surface area contributed by atoms with Gasteiger partial charge in [0.25, 0.3) is 0 Å². The Balaban J connectivity index is 0.00000106. The third-order valence-electron chi connectivity index (χ3n) is 2.35. The summed E-state index contributed by atoms with van der Waals surface area (Å²) in [6.07, 6.45) is 2.09. The molecule has 0 aromatic heterocycles. The highest BCUT2D eigenvalue weighted by atomic mass is 32.2. The predicted octanol–water partition coefficient (Wildman–Crippen LogP) is 3.77. The zero-order chi connectivity index (χ0) is 12.8. The SMILES string of the molecule is CSN(C)c1cccc(C(C)(C)C)c1.O=O. The fraction of sp³-hybridized carbons (Fsp3) is 0.500. The molecule has 0 N–H and O–H groups in total. The van der Waals surface area contributed by atoms with E-state index in [0.29, 0.717) is 0 Å². The fourth-order valence-electron chi connectivity index (χ4n) is 1.27. The molecular weight excluding hydrogens is 222 g/mol. The molecule has 90 valence electrons. The Kier molecular flexibility index (Phi) is 6.11. The molecule has 0 radical (unpaired) electrons. The topological polar surface area (TPSA) is 37.4 Å². The molecule has 0 atom stereocenters. The van der Waals surface area contributed by atoms with Crippen molar-refractivity contribution in [1.82, 2.24) is 0 Å². The minimum absolute atomic E-state index is 0.231. The Morgan fingerprint density at radius 1 is 1.19 bits per heavy atom. The van der Waals surface area contributed by atoms with E-state index >= 15 is 0 Å². The molecule has 0 fully saturated rings. The quantitative estimate of drug-likeness (QED) is 0.739. The van der Waals surface area contributed by atoms with Crippen molar-refractivity contribution < 1.29 is 0 Å². The zero-order valence-corrected chi connectivity index (χ0v) is 11.3. The summed E-state index contributed by atoms with van der Waals surface area (Å²) < 4.78 is 2.18. The second-order valence-corrected chi connectivity index (χ2v) is 5.39. The van der Waals surface area contributed by atoms with Crippen LogP contribution in [-0.2, 0) is 5.41 Å². The molecule has 0 aliphatic carbocycles. The predicted molar refractivity (Wildman–Crippen MR) is 73.8 cm³/mol. The highest BCUT2D eigenvalue weighted by Crippen LogP contribution is 2.27. The van der Waals surface area contributed by atoms with E-state index in [9.17, 15) is 0 Å². The van der Waals surface area contributed by atoms with Crippen LogP contribution in [0.25, 0.3) is 0 Å². The Bertz CT molecular complexity index is 323. The first kappa shape index (κ1) is 15.0. The van der Waals surface area contributed by atoms with Gasteiger partial charge in [-0.2, -0.15) is 0 Å². The Hall–Kier alpha value is -1.03. The fourth-order valence-corrected chi connectivity index (χ4v) is 1.60. The van der Waals surface area contributed by atoms with Crippen LogP contribution in [0.1, 0.15) is 26.3 Å². The minimum Gasteiger partial charge on any atom is -0.320 e. The molecule has 0 amide bonds. The molecule has 0 unspecified atom stereocenters. The van der Waals surface area contributed by atoms with E-state index in [4.69, 9.17) is 9.93 Å². The van der Waals surface area contributed by atoms with Gasteiger partial charge in [0.05, 0.1) is 0 Å². The van der Waals surface area contributed by atoms with Gasteiger partial charge < -0.3 is 4.31 Å². The molecule has 1 aromatic carbocycles. The van der Waals surface area contributed by atoms with Crippen molar-refractivity contribution >= 4 is 17.6 Å². The van der Waals surface area contributed by atoms with E-state index in [1.165, 1.54) is 11.3 Å². The monoisotopic (exact) mass is 241 g/mol. The van der Waals surface area contributed by atoms with Crippen LogP contribution in [0.3, 0.4) is 0 Å². The van der Waals surface area contributed by atoms with Crippen molar-refractivity contribution in [2.75, 3.05) is 17.6 Å². The summed E-state index contributed by atoms with van der Waals surface area (Å²) in [7, 11) is 2.09. The summed E-state index contributed by atoms with van der Waals surface area (Å²) in [4.78, 5) is 14.0. The first-order valence-corrected chi connectivity index (χ1v) is 6.18. The van der Waals surface area contributed by atoms with Crippen LogP contribution >= 0.6 is 11.9 Å². The molecule has 0 aliphatic rings. The molecule has 1 aromatic rings. The van der Waals surface area contributed by atoms with Gasteiger partial charge in [0.2, 0.25) is 0 Å². The summed E-state index contributed by atoms with van der Waals surface area (Å²) in [5.74, 6) is 0. The third kappa shape index (κ3) is 4.23. The van der Waals surface area contributed by atoms with Crippen molar-refractivity contribution in [1.29, 1.82) is 0 Å². The van der Waals surface area contributed by atoms with Gasteiger partial charge in [-0.05, 0) is 23.1 Å². The molecule has 0 aliphatic heterocycles. The van der Waals surface area contributed by atoms with Gasteiger partial charge in [-0.3, -0.25) is 0 Å². The molecule has 4 heteroatoms. The van der Waals surface area contributed by atoms with Crippen molar-refractivity contribution in [3.05, 3.63) is 39.8 Å². The molecule has 0 saturated carbocycles. The number of hydrogen-bond acceptors (Lipinski definition) is 4. The summed E-state index contributed by atoms with van der Waals surface area (Å²) in [6, 6.07) is 8.72. The molecule has 3 nitrogen and oxygen atoms in total. The Morgan fingerprint density at radius 3 is 2.19 bits per heavy atom. The van der Waals surface area contributed by atoms with Crippen LogP contribution in [0.2, 0.25) is 0 Å². The van der Waals surface area contributed by atoms with Crippen molar-refractivity contribution in [3.63, 3.8) is 0 Å². The Labute approximate surface area is 102 Å². The molecular formula is C12H19NO2S. The number of rotatable bonds is 2. The van der Waals surface area contributed by atoms with Crippen LogP contribution in [0.5, 0.6) is 0 Å². The van der Waals surface area contributed by atoms with Gasteiger partial charge in [-0.25, -0.2) is 0 Å². The van der Waals surface area contributed by atoms with Gasteiger partial charge in [0, 0.05) is 28.9 Å². The number of hydrogen-bond donors (Lipinski definition) is 0. The molecule has 1 rings (SSSR count). The molecule has 0 spiro atoms. The molecule has 16 heavy (non-hydrogen) atoms. The third-order valence-corrected chi connectivity index (χ3v) is 3.11. The summed E-state index contributed by atoms with van der Waals surface area (Å²) >= 11 is 1.73.